The van der Waals surface area contributed by atoms with Crippen molar-refractivity contribution in [1.82, 2.24) is 20.9 Å². The summed E-state index contributed by atoms with van der Waals surface area (Å²) in [5.41, 5.74) is 6.53. The van der Waals surface area contributed by atoms with E-state index in [9.17, 15) is 9.59 Å². The number of unbranched alkanes of at least 4 members (excludes halogenated alkanes) is 1. The molecule has 1 unspecified atom stereocenters. The number of benzene rings is 1. The van der Waals surface area contributed by atoms with E-state index in [-0.39, 0.29) is 11.9 Å². The van der Waals surface area contributed by atoms with Crippen molar-refractivity contribution in [3.63, 3.8) is 0 Å². The van der Waals surface area contributed by atoms with Gasteiger partial charge < -0.3 is 31.3 Å². The number of anilines is 1. The molecule has 0 spiro atoms. The summed E-state index contributed by atoms with van der Waals surface area (Å²) in [4.78, 5) is 26.0. The van der Waals surface area contributed by atoms with Crippen molar-refractivity contribution in [2.75, 3.05) is 52.6 Å². The second-order valence-corrected chi connectivity index (χ2v) is 7.36. The van der Waals surface area contributed by atoms with Gasteiger partial charge in [0.2, 0.25) is 0 Å². The van der Waals surface area contributed by atoms with Crippen LogP contribution in [0.4, 0.5) is 10.5 Å². The SMILES string of the molecule is CNC(=O)NCCCCN1CCC(CNC(=O)c2cc(Cl)c(N)cc2OC)C1. The number of likely N-dealkylation sites (tertiary alicyclic amines) is 1. The molecule has 0 radical (unpaired) electrons. The van der Waals surface area contributed by atoms with Gasteiger partial charge >= 0.3 is 6.03 Å². The van der Waals surface area contributed by atoms with Crippen LogP contribution < -0.4 is 26.4 Å². The van der Waals surface area contributed by atoms with Gasteiger partial charge in [-0.05, 0) is 44.3 Å². The maximum absolute atomic E-state index is 12.5. The fraction of sp³-hybridized carbons (Fsp3) is 0.579. The Hall–Kier alpha value is -2.19. The lowest BCUT2D eigenvalue weighted by Crippen LogP contribution is -2.33. The topological polar surface area (TPSA) is 109 Å². The van der Waals surface area contributed by atoms with Gasteiger partial charge in [-0.1, -0.05) is 11.6 Å². The number of nitrogen functional groups attached to an aromatic ring is 1. The van der Waals surface area contributed by atoms with Gasteiger partial charge in [0.05, 0.1) is 23.4 Å². The lowest BCUT2D eigenvalue weighted by Gasteiger charge is -2.17. The van der Waals surface area contributed by atoms with Crippen LogP contribution >= 0.6 is 11.6 Å². The van der Waals surface area contributed by atoms with Crippen molar-refractivity contribution >= 4 is 29.2 Å². The fourth-order valence-corrected chi connectivity index (χ4v) is 3.44. The number of nitrogens with zero attached hydrogens (tertiary/aromatic N) is 1. The van der Waals surface area contributed by atoms with Crippen molar-refractivity contribution in [2.24, 2.45) is 5.92 Å². The lowest BCUT2D eigenvalue weighted by atomic mass is 10.1. The molecule has 0 saturated carbocycles. The zero-order valence-corrected chi connectivity index (χ0v) is 17.3. The normalized spacial score (nSPS) is 16.6. The van der Waals surface area contributed by atoms with Crippen LogP contribution in [0.5, 0.6) is 5.75 Å². The number of carbonyl (C=O) groups excluding carboxylic acids is 2. The highest BCUT2D eigenvalue weighted by molar-refractivity contribution is 6.33. The molecule has 28 heavy (non-hydrogen) atoms. The highest BCUT2D eigenvalue weighted by Gasteiger charge is 2.23. The highest BCUT2D eigenvalue weighted by atomic mass is 35.5. The summed E-state index contributed by atoms with van der Waals surface area (Å²) in [5, 5.41) is 8.64. The fourth-order valence-electron chi connectivity index (χ4n) is 3.28. The molecule has 1 aliphatic rings. The van der Waals surface area contributed by atoms with Crippen LogP contribution in [-0.4, -0.2) is 63.7 Å². The number of hydrogen-bond donors (Lipinski definition) is 4. The molecule has 0 bridgehead atoms. The number of nitrogens with two attached hydrogens (primary N) is 1. The second kappa shape index (κ2) is 11.0. The van der Waals surface area contributed by atoms with Gasteiger partial charge in [0.15, 0.2) is 0 Å². The van der Waals surface area contributed by atoms with Crippen LogP contribution in [0.25, 0.3) is 0 Å². The number of ether oxygens (including phenoxy) is 1. The molecule has 9 heteroatoms. The Morgan fingerprint density at radius 2 is 2.11 bits per heavy atom. The zero-order chi connectivity index (χ0) is 20.5. The Bertz CT molecular complexity index is 686. The van der Waals surface area contributed by atoms with Crippen LogP contribution in [0.1, 0.15) is 29.6 Å². The molecule has 1 heterocycles. The van der Waals surface area contributed by atoms with Gasteiger partial charge in [0, 0.05) is 32.7 Å². The molecule has 1 aliphatic heterocycles. The maximum Gasteiger partial charge on any atom is 0.314 e. The van der Waals surface area contributed by atoms with E-state index in [0.29, 0.717) is 41.0 Å². The maximum atomic E-state index is 12.5. The first-order chi connectivity index (χ1) is 13.4. The van der Waals surface area contributed by atoms with Gasteiger partial charge in [-0.2, -0.15) is 0 Å². The molecule has 1 aromatic carbocycles. The van der Waals surface area contributed by atoms with Gasteiger partial charge in [-0.15, -0.1) is 0 Å². The van der Waals surface area contributed by atoms with E-state index < -0.39 is 0 Å². The third-order valence-electron chi connectivity index (χ3n) is 4.90. The van der Waals surface area contributed by atoms with E-state index in [1.165, 1.54) is 7.11 Å². The third kappa shape index (κ3) is 6.45. The van der Waals surface area contributed by atoms with Gasteiger partial charge in [-0.25, -0.2) is 4.79 Å². The first kappa shape index (κ1) is 22.1. The molecule has 1 aromatic rings. The highest BCUT2D eigenvalue weighted by Crippen LogP contribution is 2.28. The Morgan fingerprint density at radius 1 is 1.32 bits per heavy atom. The average molecular weight is 412 g/mol. The number of hydrogen-bond acceptors (Lipinski definition) is 5. The quantitative estimate of drug-likeness (QED) is 0.365. The monoisotopic (exact) mass is 411 g/mol. The molecule has 3 amide bonds. The second-order valence-electron chi connectivity index (χ2n) is 6.95. The Morgan fingerprint density at radius 3 is 2.82 bits per heavy atom. The van der Waals surface area contributed by atoms with E-state index >= 15 is 0 Å². The van der Waals surface area contributed by atoms with Crippen molar-refractivity contribution in [1.29, 1.82) is 0 Å². The summed E-state index contributed by atoms with van der Waals surface area (Å²) in [6.07, 6.45) is 3.03. The molecule has 156 valence electrons. The van der Waals surface area contributed by atoms with Crippen molar-refractivity contribution in [2.45, 2.75) is 19.3 Å². The van der Waals surface area contributed by atoms with Gasteiger partial charge in [0.1, 0.15) is 5.75 Å². The van der Waals surface area contributed by atoms with Gasteiger partial charge in [-0.3, -0.25) is 4.79 Å². The van der Waals surface area contributed by atoms with Crippen molar-refractivity contribution in [3.05, 3.63) is 22.7 Å². The van der Waals surface area contributed by atoms with Crippen molar-refractivity contribution < 1.29 is 14.3 Å². The number of methoxy groups -OCH3 is 1. The molecule has 0 aliphatic carbocycles. The summed E-state index contributed by atoms with van der Waals surface area (Å²) in [5.74, 6) is 0.624. The molecule has 0 aromatic heterocycles. The lowest BCUT2D eigenvalue weighted by molar-refractivity contribution is 0.0944. The minimum absolute atomic E-state index is 0.143. The van der Waals surface area contributed by atoms with Crippen molar-refractivity contribution in [3.8, 4) is 5.75 Å². The molecule has 8 nitrogen and oxygen atoms in total. The zero-order valence-electron chi connectivity index (χ0n) is 16.5. The molecular formula is C19H30ClN5O3. The summed E-state index contributed by atoms with van der Waals surface area (Å²) in [6.45, 7) is 4.28. The molecule has 5 N–H and O–H groups in total. The number of urea groups is 1. The summed E-state index contributed by atoms with van der Waals surface area (Å²) in [6, 6.07) is 2.96. The summed E-state index contributed by atoms with van der Waals surface area (Å²) >= 11 is 6.04. The predicted molar refractivity (Wildman–Crippen MR) is 111 cm³/mol. The smallest absolute Gasteiger partial charge is 0.314 e. The number of amides is 3. The predicted octanol–water partition coefficient (Wildman–Crippen LogP) is 1.69. The molecule has 2 rings (SSSR count). The molecule has 1 saturated heterocycles. The van der Waals surface area contributed by atoms with Gasteiger partial charge in [0.25, 0.3) is 5.91 Å². The first-order valence-corrected chi connectivity index (χ1v) is 9.91. The largest absolute Gasteiger partial charge is 0.496 e. The number of carbonyl (C=O) groups is 2. The van der Waals surface area contributed by atoms with E-state index in [2.05, 4.69) is 20.9 Å². The summed E-state index contributed by atoms with van der Waals surface area (Å²) in [7, 11) is 3.11. The van der Waals surface area contributed by atoms with Crippen LogP contribution in [0.2, 0.25) is 5.02 Å². The Labute approximate surface area is 171 Å². The number of halogens is 1. The molecule has 1 atom stereocenters. The van der Waals surface area contributed by atoms with Crippen LogP contribution in [-0.2, 0) is 0 Å². The Kier molecular flexibility index (Phi) is 8.66. The number of nitrogens with one attached hydrogen (secondary N) is 3. The minimum Gasteiger partial charge on any atom is -0.496 e. The van der Waals surface area contributed by atoms with E-state index in [1.54, 1.807) is 19.2 Å². The Balaban J connectivity index is 1.71. The van der Waals surface area contributed by atoms with Crippen LogP contribution in [0.15, 0.2) is 12.1 Å². The summed E-state index contributed by atoms with van der Waals surface area (Å²) < 4.78 is 5.24. The molecule has 1 fully saturated rings. The first-order valence-electron chi connectivity index (χ1n) is 9.53. The third-order valence-corrected chi connectivity index (χ3v) is 5.23. The van der Waals surface area contributed by atoms with E-state index in [0.717, 1.165) is 38.9 Å². The minimum atomic E-state index is -0.211. The standard InChI is InChI=1S/C19H30ClN5O3/c1-22-19(27)23-6-3-4-7-25-8-5-13(12-25)11-24-18(26)14-9-15(20)16(21)10-17(14)28-2/h9-10,13H,3-8,11-12,21H2,1-2H3,(H,24,26)(H2,22,23,27). The average Bonchev–Trinajstić information content (AvgIpc) is 3.15. The molecular weight excluding hydrogens is 382 g/mol. The van der Waals surface area contributed by atoms with E-state index in [1.807, 2.05) is 0 Å². The number of rotatable bonds is 9. The van der Waals surface area contributed by atoms with Crippen LogP contribution in [0.3, 0.4) is 0 Å². The van der Waals surface area contributed by atoms with Crippen LogP contribution in [0, 0.1) is 5.92 Å². The van der Waals surface area contributed by atoms with E-state index in [4.69, 9.17) is 22.1 Å².